The van der Waals surface area contributed by atoms with E-state index in [0.717, 1.165) is 0 Å². The summed E-state index contributed by atoms with van der Waals surface area (Å²) in [5, 5.41) is 13.6. The van der Waals surface area contributed by atoms with E-state index in [1.165, 1.54) is 12.3 Å². The van der Waals surface area contributed by atoms with Crippen molar-refractivity contribution in [2.75, 3.05) is 5.32 Å². The highest BCUT2D eigenvalue weighted by Crippen LogP contribution is 2.18. The van der Waals surface area contributed by atoms with Crippen LogP contribution in [-0.2, 0) is 6.54 Å². The number of halogens is 1. The molecule has 8 heteroatoms. The number of carbonyl (C=O) groups excluding carboxylic acids is 1. The lowest BCUT2D eigenvalue weighted by Gasteiger charge is -2.03. The molecular weight excluding hydrogens is 337 g/mol. The number of aromatic nitrogens is 4. The summed E-state index contributed by atoms with van der Waals surface area (Å²) in [4.78, 5) is 12.3. The lowest BCUT2D eigenvalue weighted by Crippen LogP contribution is -2.11. The number of furan rings is 1. The predicted octanol–water partition coefficient (Wildman–Crippen LogP) is 3.31. The van der Waals surface area contributed by atoms with Gasteiger partial charge in [0.1, 0.15) is 11.5 Å². The number of hydrogen-bond acceptors (Lipinski definition) is 4. The fraction of sp³-hybridized carbons (Fsp3) is 0.0556. The van der Waals surface area contributed by atoms with Crippen LogP contribution in [0.25, 0.3) is 11.5 Å². The third-order valence-corrected chi connectivity index (χ3v) is 3.78. The highest BCUT2D eigenvalue weighted by molar-refractivity contribution is 6.03. The maximum Gasteiger partial charge on any atom is 0.276 e. The van der Waals surface area contributed by atoms with Crippen LogP contribution in [-0.4, -0.2) is 25.9 Å². The van der Waals surface area contributed by atoms with Crippen molar-refractivity contribution in [3.05, 3.63) is 78.2 Å². The van der Waals surface area contributed by atoms with Crippen LogP contribution in [0.3, 0.4) is 0 Å². The minimum absolute atomic E-state index is 0.221. The molecule has 4 aromatic rings. The quantitative estimate of drug-likeness (QED) is 0.577. The molecule has 3 heterocycles. The van der Waals surface area contributed by atoms with E-state index in [1.54, 1.807) is 53.5 Å². The van der Waals surface area contributed by atoms with Gasteiger partial charge in [0.25, 0.3) is 5.91 Å². The van der Waals surface area contributed by atoms with Gasteiger partial charge in [0.15, 0.2) is 11.5 Å². The molecule has 0 aliphatic heterocycles. The third kappa shape index (κ3) is 3.25. The van der Waals surface area contributed by atoms with Crippen LogP contribution >= 0.6 is 0 Å². The monoisotopic (exact) mass is 351 g/mol. The number of benzene rings is 1. The van der Waals surface area contributed by atoms with Crippen molar-refractivity contribution < 1.29 is 13.6 Å². The van der Waals surface area contributed by atoms with Gasteiger partial charge in [0, 0.05) is 17.8 Å². The second-order valence-corrected chi connectivity index (χ2v) is 5.62. The van der Waals surface area contributed by atoms with Crippen molar-refractivity contribution in [1.82, 2.24) is 20.0 Å². The number of carbonyl (C=O) groups is 1. The largest absolute Gasteiger partial charge is 0.463 e. The molecule has 0 bridgehead atoms. The van der Waals surface area contributed by atoms with Gasteiger partial charge < -0.3 is 9.73 Å². The SMILES string of the molecule is O=C(Nc1cnn(Cc2ccccc2F)c1)c1cc(-c2ccco2)[nH]n1. The van der Waals surface area contributed by atoms with E-state index in [-0.39, 0.29) is 24.0 Å². The topological polar surface area (TPSA) is 88.7 Å². The van der Waals surface area contributed by atoms with Crippen molar-refractivity contribution in [2.45, 2.75) is 6.54 Å². The normalized spacial score (nSPS) is 10.8. The van der Waals surface area contributed by atoms with Crippen LogP contribution in [0.4, 0.5) is 10.1 Å². The number of nitrogens with zero attached hydrogens (tertiary/aromatic N) is 3. The number of aromatic amines is 1. The molecule has 2 N–H and O–H groups in total. The van der Waals surface area contributed by atoms with E-state index in [1.807, 2.05) is 0 Å². The summed E-state index contributed by atoms with van der Waals surface area (Å²) in [5.41, 5.74) is 1.84. The molecule has 0 fully saturated rings. The molecule has 130 valence electrons. The van der Waals surface area contributed by atoms with Crippen LogP contribution in [0.2, 0.25) is 0 Å². The Labute approximate surface area is 147 Å². The number of rotatable bonds is 5. The van der Waals surface area contributed by atoms with Crippen molar-refractivity contribution in [2.24, 2.45) is 0 Å². The second kappa shape index (κ2) is 6.67. The summed E-state index contributed by atoms with van der Waals surface area (Å²) in [7, 11) is 0. The highest BCUT2D eigenvalue weighted by atomic mass is 19.1. The number of H-pyrrole nitrogens is 1. The lowest BCUT2D eigenvalue weighted by molar-refractivity contribution is 0.102. The Balaban J connectivity index is 1.44. The maximum atomic E-state index is 13.7. The molecule has 0 unspecified atom stereocenters. The van der Waals surface area contributed by atoms with Gasteiger partial charge in [-0.2, -0.15) is 10.2 Å². The molecule has 0 aliphatic carbocycles. The Morgan fingerprint density at radius 3 is 2.96 bits per heavy atom. The average Bonchev–Trinajstić information content (AvgIpc) is 3.38. The number of anilines is 1. The van der Waals surface area contributed by atoms with Gasteiger partial charge in [-0.15, -0.1) is 0 Å². The fourth-order valence-corrected chi connectivity index (χ4v) is 2.51. The van der Waals surface area contributed by atoms with Crippen LogP contribution in [0.15, 0.2) is 65.5 Å². The standard InChI is InChI=1S/C18H14FN5O2/c19-14-5-2-1-4-12(14)10-24-11-13(9-20-24)21-18(25)16-8-15(22-23-16)17-6-3-7-26-17/h1-9,11H,10H2,(H,21,25)(H,22,23). The summed E-state index contributed by atoms with van der Waals surface area (Å²) in [6.45, 7) is 0.271. The molecule has 7 nitrogen and oxygen atoms in total. The molecule has 0 saturated heterocycles. The van der Waals surface area contributed by atoms with Gasteiger partial charge in [-0.3, -0.25) is 14.6 Å². The molecule has 0 saturated carbocycles. The zero-order valence-corrected chi connectivity index (χ0v) is 13.5. The first-order chi connectivity index (χ1) is 12.7. The minimum Gasteiger partial charge on any atom is -0.463 e. The van der Waals surface area contributed by atoms with Crippen molar-refractivity contribution in [1.29, 1.82) is 0 Å². The molecule has 0 atom stereocenters. The summed E-state index contributed by atoms with van der Waals surface area (Å²) < 4.78 is 20.5. The Bertz CT molecular complexity index is 1040. The zero-order chi connectivity index (χ0) is 17.9. The van der Waals surface area contributed by atoms with Crippen molar-refractivity contribution >= 4 is 11.6 Å². The van der Waals surface area contributed by atoms with Crippen LogP contribution in [0.5, 0.6) is 0 Å². The summed E-state index contributed by atoms with van der Waals surface area (Å²) in [5.74, 6) is -0.0886. The number of nitrogens with one attached hydrogen (secondary N) is 2. The van der Waals surface area contributed by atoms with Gasteiger partial charge >= 0.3 is 0 Å². The lowest BCUT2D eigenvalue weighted by atomic mass is 10.2. The Morgan fingerprint density at radius 2 is 2.15 bits per heavy atom. The van der Waals surface area contributed by atoms with E-state index >= 15 is 0 Å². The molecule has 1 amide bonds. The Hall–Kier alpha value is -3.68. The van der Waals surface area contributed by atoms with E-state index in [4.69, 9.17) is 4.42 Å². The van der Waals surface area contributed by atoms with E-state index in [0.29, 0.717) is 22.7 Å². The first kappa shape index (κ1) is 15.8. The fourth-order valence-electron chi connectivity index (χ4n) is 2.51. The van der Waals surface area contributed by atoms with E-state index in [2.05, 4.69) is 20.6 Å². The summed E-state index contributed by atoms with van der Waals surface area (Å²) >= 11 is 0. The zero-order valence-electron chi connectivity index (χ0n) is 13.5. The first-order valence-electron chi connectivity index (χ1n) is 7.85. The molecule has 4 rings (SSSR count). The van der Waals surface area contributed by atoms with Gasteiger partial charge in [0.2, 0.25) is 0 Å². The summed E-state index contributed by atoms with van der Waals surface area (Å²) in [6, 6.07) is 11.6. The van der Waals surface area contributed by atoms with Crippen LogP contribution in [0.1, 0.15) is 16.1 Å². The van der Waals surface area contributed by atoms with Gasteiger partial charge in [0.05, 0.1) is 24.7 Å². The molecule has 0 spiro atoms. The minimum atomic E-state index is -0.385. The van der Waals surface area contributed by atoms with Gasteiger partial charge in [-0.25, -0.2) is 4.39 Å². The van der Waals surface area contributed by atoms with Crippen molar-refractivity contribution in [3.63, 3.8) is 0 Å². The average molecular weight is 351 g/mol. The molecule has 1 aromatic carbocycles. The molecule has 26 heavy (non-hydrogen) atoms. The second-order valence-electron chi connectivity index (χ2n) is 5.62. The number of amides is 1. The predicted molar refractivity (Wildman–Crippen MR) is 92.0 cm³/mol. The van der Waals surface area contributed by atoms with E-state index < -0.39 is 0 Å². The maximum absolute atomic E-state index is 13.7. The van der Waals surface area contributed by atoms with E-state index in [9.17, 15) is 9.18 Å². The highest BCUT2D eigenvalue weighted by Gasteiger charge is 2.14. The summed E-state index contributed by atoms with van der Waals surface area (Å²) in [6.07, 6.45) is 4.67. The molecular formula is C18H14FN5O2. The van der Waals surface area contributed by atoms with Crippen LogP contribution in [0, 0.1) is 5.82 Å². The van der Waals surface area contributed by atoms with Gasteiger partial charge in [-0.1, -0.05) is 18.2 Å². The Morgan fingerprint density at radius 1 is 1.27 bits per heavy atom. The van der Waals surface area contributed by atoms with Crippen LogP contribution < -0.4 is 5.32 Å². The molecule has 0 radical (unpaired) electrons. The number of hydrogen-bond donors (Lipinski definition) is 2. The smallest absolute Gasteiger partial charge is 0.276 e. The first-order valence-corrected chi connectivity index (χ1v) is 7.85. The Kier molecular flexibility index (Phi) is 4.06. The molecule has 3 aromatic heterocycles. The molecule has 0 aliphatic rings. The van der Waals surface area contributed by atoms with Crippen molar-refractivity contribution in [3.8, 4) is 11.5 Å². The third-order valence-electron chi connectivity index (χ3n) is 3.78. The van der Waals surface area contributed by atoms with Gasteiger partial charge in [-0.05, 0) is 18.2 Å².